The number of carbonyl (C=O) groups is 1. The molecule has 4 rings (SSSR count). The van der Waals surface area contributed by atoms with Gasteiger partial charge in [0.15, 0.2) is 5.82 Å². The van der Waals surface area contributed by atoms with Crippen molar-refractivity contribution in [3.8, 4) is 0 Å². The van der Waals surface area contributed by atoms with Crippen molar-refractivity contribution < 1.29 is 4.79 Å². The van der Waals surface area contributed by atoms with E-state index < -0.39 is 5.54 Å². The molecule has 3 N–H and O–H groups in total. The molecule has 2 aliphatic rings. The number of nitrogens with one attached hydrogen (secondary N) is 3. The molecule has 2 aromatic rings. The Kier molecular flexibility index (Phi) is 5.13. The minimum Gasteiger partial charge on any atom is -0.368 e. The van der Waals surface area contributed by atoms with Crippen molar-refractivity contribution in [3.63, 3.8) is 0 Å². The van der Waals surface area contributed by atoms with Crippen LogP contribution in [0.5, 0.6) is 0 Å². The third kappa shape index (κ3) is 3.97. The largest absolute Gasteiger partial charge is 0.368 e. The van der Waals surface area contributed by atoms with E-state index in [4.69, 9.17) is 4.99 Å². The highest BCUT2D eigenvalue weighted by Gasteiger charge is 2.47. The number of anilines is 3. The van der Waals surface area contributed by atoms with Crippen LogP contribution in [-0.4, -0.2) is 45.9 Å². The van der Waals surface area contributed by atoms with E-state index in [1.165, 1.54) is 0 Å². The molecule has 7 heteroatoms. The van der Waals surface area contributed by atoms with E-state index in [0.29, 0.717) is 13.1 Å². The fourth-order valence-corrected chi connectivity index (χ4v) is 4.05. The summed E-state index contributed by atoms with van der Waals surface area (Å²) in [7, 11) is 0. The number of amides is 2. The molecule has 30 heavy (non-hydrogen) atoms. The predicted molar refractivity (Wildman–Crippen MR) is 122 cm³/mol. The highest BCUT2D eigenvalue weighted by molar-refractivity contribution is 6.09. The minimum absolute atomic E-state index is 0.0818. The van der Waals surface area contributed by atoms with Crippen molar-refractivity contribution in [3.05, 3.63) is 48.2 Å². The summed E-state index contributed by atoms with van der Waals surface area (Å²) in [6, 6.07) is 11.8. The third-order valence-electron chi connectivity index (χ3n) is 5.52. The number of rotatable bonds is 2. The molecule has 2 amide bonds. The number of aromatic nitrogens is 1. The van der Waals surface area contributed by atoms with Gasteiger partial charge < -0.3 is 20.9 Å². The summed E-state index contributed by atoms with van der Waals surface area (Å²) in [5.74, 6) is 1.61. The Bertz CT molecular complexity index is 980. The number of aliphatic imine (C=N–C) groups is 1. The van der Waals surface area contributed by atoms with Gasteiger partial charge in [-0.25, -0.2) is 9.78 Å². The Balaban J connectivity index is 1.59. The number of hydrogen-bond donors (Lipinski definition) is 3. The molecule has 1 aromatic carbocycles. The molecule has 1 spiro atoms. The summed E-state index contributed by atoms with van der Waals surface area (Å²) in [6.07, 6.45) is 3.41. The van der Waals surface area contributed by atoms with Crippen LogP contribution < -0.4 is 16.0 Å². The maximum absolute atomic E-state index is 13.1. The van der Waals surface area contributed by atoms with Crippen molar-refractivity contribution in [2.75, 3.05) is 29.0 Å². The van der Waals surface area contributed by atoms with E-state index in [-0.39, 0.29) is 11.6 Å². The zero-order valence-electron chi connectivity index (χ0n) is 18.1. The lowest BCUT2D eigenvalue weighted by atomic mass is 9.93. The van der Waals surface area contributed by atoms with Crippen LogP contribution in [0, 0.1) is 0 Å². The molecule has 1 aromatic heterocycles. The van der Waals surface area contributed by atoms with Gasteiger partial charge in [-0.1, -0.05) is 25.1 Å². The smallest absolute Gasteiger partial charge is 0.321 e. The Hall–Kier alpha value is -3.09. The van der Waals surface area contributed by atoms with E-state index in [9.17, 15) is 4.79 Å². The zero-order valence-corrected chi connectivity index (χ0v) is 18.1. The number of benzene rings is 1. The SMILES string of the molecule is CCc1ccccc1NC(=O)N1CCC2(C1)Nc1cccnc1NC2=NC(C)(C)C. The monoisotopic (exact) mass is 406 g/mol. The van der Waals surface area contributed by atoms with E-state index >= 15 is 0 Å². The topological polar surface area (TPSA) is 81.7 Å². The molecular weight excluding hydrogens is 376 g/mol. The summed E-state index contributed by atoms with van der Waals surface area (Å²) >= 11 is 0. The van der Waals surface area contributed by atoms with Gasteiger partial charge in [0.1, 0.15) is 11.4 Å². The Labute approximate surface area is 178 Å². The van der Waals surface area contributed by atoms with Gasteiger partial charge >= 0.3 is 6.03 Å². The van der Waals surface area contributed by atoms with Crippen molar-refractivity contribution >= 4 is 29.1 Å². The standard InChI is InChI=1S/C23H30N6O/c1-5-16-9-6-7-10-17(16)25-21(30)29-14-12-23(15-29)20(28-22(2,3)4)26-19-18(27-23)11-8-13-24-19/h6-11,13,27H,5,12,14-15H2,1-4H3,(H,25,30)(H,24,26,28). The molecule has 0 aliphatic carbocycles. The number of aryl methyl sites for hydroxylation is 1. The lowest BCUT2D eigenvalue weighted by molar-refractivity contribution is 0.221. The molecule has 0 saturated carbocycles. The molecule has 2 aliphatic heterocycles. The summed E-state index contributed by atoms with van der Waals surface area (Å²) in [5.41, 5.74) is 2.24. The van der Waals surface area contributed by atoms with E-state index in [2.05, 4.69) is 48.6 Å². The molecule has 1 saturated heterocycles. The van der Waals surface area contributed by atoms with Gasteiger partial charge in [-0.3, -0.25) is 4.99 Å². The van der Waals surface area contributed by atoms with E-state index in [0.717, 1.165) is 41.4 Å². The van der Waals surface area contributed by atoms with Crippen LogP contribution in [0.25, 0.3) is 0 Å². The number of nitrogens with zero attached hydrogens (tertiary/aromatic N) is 3. The van der Waals surface area contributed by atoms with Crippen LogP contribution in [0.3, 0.4) is 0 Å². The maximum Gasteiger partial charge on any atom is 0.321 e. The molecular formula is C23H30N6O. The van der Waals surface area contributed by atoms with Gasteiger partial charge in [0, 0.05) is 18.4 Å². The molecule has 3 heterocycles. The number of pyridine rings is 1. The summed E-state index contributed by atoms with van der Waals surface area (Å²) in [5, 5.41) is 10.2. The minimum atomic E-state index is -0.453. The third-order valence-corrected chi connectivity index (χ3v) is 5.52. The van der Waals surface area contributed by atoms with Crippen LogP contribution in [0.2, 0.25) is 0 Å². The first-order valence-corrected chi connectivity index (χ1v) is 10.5. The lowest BCUT2D eigenvalue weighted by Gasteiger charge is -2.39. The van der Waals surface area contributed by atoms with Crippen LogP contribution in [-0.2, 0) is 6.42 Å². The Morgan fingerprint density at radius 1 is 1.27 bits per heavy atom. The number of carbonyl (C=O) groups excluding carboxylic acids is 1. The maximum atomic E-state index is 13.1. The van der Waals surface area contributed by atoms with Crippen molar-refractivity contribution in [1.29, 1.82) is 0 Å². The molecule has 0 radical (unpaired) electrons. The number of likely N-dealkylation sites (tertiary alicyclic amines) is 1. The zero-order chi connectivity index (χ0) is 21.4. The predicted octanol–water partition coefficient (Wildman–Crippen LogP) is 4.36. The summed E-state index contributed by atoms with van der Waals surface area (Å²) in [4.78, 5) is 24.3. The Morgan fingerprint density at radius 3 is 2.83 bits per heavy atom. The highest BCUT2D eigenvalue weighted by Crippen LogP contribution is 2.36. The quantitative estimate of drug-likeness (QED) is 0.692. The van der Waals surface area contributed by atoms with Gasteiger partial charge in [-0.15, -0.1) is 0 Å². The molecule has 0 bridgehead atoms. The normalized spacial score (nSPS) is 21.9. The molecule has 1 unspecified atom stereocenters. The van der Waals surface area contributed by atoms with Crippen LogP contribution in [0.4, 0.5) is 22.0 Å². The first-order valence-electron chi connectivity index (χ1n) is 10.5. The van der Waals surface area contributed by atoms with E-state index in [1.54, 1.807) is 6.20 Å². The van der Waals surface area contributed by atoms with Gasteiger partial charge in [0.2, 0.25) is 0 Å². The number of hydrogen-bond acceptors (Lipinski definition) is 4. The van der Waals surface area contributed by atoms with Crippen molar-refractivity contribution in [1.82, 2.24) is 9.88 Å². The fraction of sp³-hybridized carbons (Fsp3) is 0.435. The molecule has 7 nitrogen and oxygen atoms in total. The van der Waals surface area contributed by atoms with Gasteiger partial charge in [-0.05, 0) is 57.4 Å². The van der Waals surface area contributed by atoms with Gasteiger partial charge in [0.05, 0.1) is 17.8 Å². The summed E-state index contributed by atoms with van der Waals surface area (Å²) < 4.78 is 0. The summed E-state index contributed by atoms with van der Waals surface area (Å²) in [6.45, 7) is 9.49. The van der Waals surface area contributed by atoms with Crippen molar-refractivity contribution in [2.24, 2.45) is 4.99 Å². The number of para-hydroxylation sites is 1. The molecule has 1 atom stereocenters. The van der Waals surface area contributed by atoms with Gasteiger partial charge in [-0.2, -0.15) is 0 Å². The van der Waals surface area contributed by atoms with Gasteiger partial charge in [0.25, 0.3) is 0 Å². The van der Waals surface area contributed by atoms with Crippen LogP contribution in [0.1, 0.15) is 39.7 Å². The van der Waals surface area contributed by atoms with Crippen LogP contribution in [0.15, 0.2) is 47.6 Å². The van der Waals surface area contributed by atoms with Crippen molar-refractivity contribution in [2.45, 2.75) is 51.6 Å². The molecule has 1 fully saturated rings. The second-order valence-corrected chi connectivity index (χ2v) is 8.98. The number of fused-ring (bicyclic) bond motifs is 1. The van der Waals surface area contributed by atoms with E-state index in [1.807, 2.05) is 41.3 Å². The fourth-order valence-electron chi connectivity index (χ4n) is 4.05. The first-order chi connectivity index (χ1) is 14.3. The molecule has 158 valence electrons. The average Bonchev–Trinajstić information content (AvgIpc) is 3.13. The Morgan fingerprint density at radius 2 is 2.07 bits per heavy atom. The highest BCUT2D eigenvalue weighted by atomic mass is 16.2. The number of urea groups is 1. The lowest BCUT2D eigenvalue weighted by Crippen LogP contribution is -2.55. The van der Waals surface area contributed by atoms with Crippen LogP contribution >= 0.6 is 0 Å². The second-order valence-electron chi connectivity index (χ2n) is 8.98. The second kappa shape index (κ2) is 7.63. The average molecular weight is 407 g/mol. The first kappa shape index (κ1) is 20.2. The number of amidine groups is 1.